The van der Waals surface area contributed by atoms with E-state index in [1.165, 1.54) is 12.8 Å². The lowest BCUT2D eigenvalue weighted by Gasteiger charge is -2.27. The van der Waals surface area contributed by atoms with Crippen molar-refractivity contribution in [1.29, 1.82) is 0 Å². The molecule has 23 nitrogen and oxygen atoms in total. The number of aryl methyl sites for hydroxylation is 3. The van der Waals surface area contributed by atoms with E-state index in [1.807, 2.05) is 188 Å². The van der Waals surface area contributed by atoms with Gasteiger partial charge in [-0.2, -0.15) is 20.4 Å². The molecule has 0 bridgehead atoms. The number of hydrogen-bond donors (Lipinski definition) is 0. The Bertz CT molecular complexity index is 4370. The van der Waals surface area contributed by atoms with Crippen molar-refractivity contribution in [2.45, 2.75) is 86.2 Å². The predicted molar refractivity (Wildman–Crippen MR) is 363 cm³/mol. The fourth-order valence-electron chi connectivity index (χ4n) is 11.5. The van der Waals surface area contributed by atoms with Crippen molar-refractivity contribution in [3.05, 3.63) is 263 Å². The molecule has 0 N–H and O–H groups in total. The first kappa shape index (κ1) is 64.0. The van der Waals surface area contributed by atoms with E-state index in [4.69, 9.17) is 18.9 Å². The summed E-state index contributed by atoms with van der Waals surface area (Å²) in [5.41, 5.74) is 10.1. The minimum atomic E-state index is -0.0807. The molecule has 492 valence electrons. The largest absolute Gasteiger partial charge is 0.487 e. The normalized spacial score (nSPS) is 14.5. The van der Waals surface area contributed by atoms with Crippen LogP contribution in [0.3, 0.4) is 0 Å². The van der Waals surface area contributed by atoms with Gasteiger partial charge in [0, 0.05) is 50.8 Å². The van der Waals surface area contributed by atoms with E-state index < -0.39 is 0 Å². The fourth-order valence-corrected chi connectivity index (χ4v) is 11.5. The first-order valence-electron chi connectivity index (χ1n) is 32.4. The summed E-state index contributed by atoms with van der Waals surface area (Å²) in [7, 11) is 0. The van der Waals surface area contributed by atoms with Crippen molar-refractivity contribution >= 4 is 40.8 Å². The molecule has 23 heteroatoms. The summed E-state index contributed by atoms with van der Waals surface area (Å²) in [5, 5.41) is 18.0. The minimum absolute atomic E-state index is 0.0582. The predicted octanol–water partition coefficient (Wildman–Crippen LogP) is 10.8. The number of rotatable bonds is 17. The maximum atomic E-state index is 12.8. The molecule has 7 aromatic heterocycles. The Morgan fingerprint density at radius 3 is 1.21 bits per heavy atom. The lowest BCUT2D eigenvalue weighted by Crippen LogP contribution is -2.41. The van der Waals surface area contributed by atoms with Gasteiger partial charge in [0.15, 0.2) is 0 Å². The van der Waals surface area contributed by atoms with Crippen LogP contribution in [-0.2, 0) is 52.6 Å². The van der Waals surface area contributed by atoms with Crippen molar-refractivity contribution < 1.29 is 38.1 Å². The Kier molecular flexibility index (Phi) is 19.6. The molecule has 0 saturated heterocycles. The molecule has 0 spiro atoms. The highest BCUT2D eigenvalue weighted by molar-refractivity contribution is 6.07. The van der Waals surface area contributed by atoms with Crippen LogP contribution in [0.1, 0.15) is 94.4 Å². The number of anilines is 3. The van der Waals surface area contributed by atoms with E-state index in [0.717, 1.165) is 99.5 Å². The van der Waals surface area contributed by atoms with E-state index in [2.05, 4.69) is 35.3 Å². The highest BCUT2D eigenvalue weighted by Crippen LogP contribution is 2.32. The van der Waals surface area contributed by atoms with Crippen LogP contribution in [-0.4, -0.2) is 115 Å². The van der Waals surface area contributed by atoms with Crippen molar-refractivity contribution in [3.8, 4) is 23.0 Å². The standard InChI is InChI=1S/3C19H18N4O2.C17H19N3O2/c1-14-9-16(12-20-11-14)22-7-8-23-18(19(22)24)10-15(21-23)13-25-17-5-3-2-4-6-17;1-14-7-8-16(12-20-14)22-9-10-23-18(19(22)24)11-15(21-23)13-25-17-5-3-2-4-6-17;1-14-7-8-20-18(11-14)22-9-10-23-17(19(22)24)12-15(21-23)13-25-16-5-3-2-4-6-16;21-17-16-10-14(12-22-15-4-2-1-3-5-15)18-20(16)9-8-19(17)11-13-6-7-13/h2-6,9-12H,7-8,13H2,1H3;2*2-8,11-12H,9-10,13H2,1H3;1-5,10,13H,6-9,11-12H2. The molecule has 97 heavy (non-hydrogen) atoms. The van der Waals surface area contributed by atoms with Gasteiger partial charge in [0.05, 0.1) is 49.9 Å². The highest BCUT2D eigenvalue weighted by Gasteiger charge is 2.33. The van der Waals surface area contributed by atoms with E-state index in [9.17, 15) is 19.2 Å². The molecular weight excluding hydrogens is 1230 g/mol. The number of carbonyl (C=O) groups excluding carboxylic acids is 4. The molecule has 1 fully saturated rings. The van der Waals surface area contributed by atoms with Crippen molar-refractivity contribution in [3.63, 3.8) is 0 Å². The lowest BCUT2D eigenvalue weighted by atomic mass is 10.2. The number of hydrogen-bond acceptors (Lipinski definition) is 15. The van der Waals surface area contributed by atoms with Gasteiger partial charge in [0.1, 0.15) is 101 Å². The molecule has 11 aromatic rings. The van der Waals surface area contributed by atoms with Gasteiger partial charge in [-0.1, -0.05) is 72.8 Å². The van der Waals surface area contributed by atoms with E-state index >= 15 is 0 Å². The molecule has 5 aliphatic rings. The zero-order chi connectivity index (χ0) is 66.6. The van der Waals surface area contributed by atoms with Crippen LogP contribution in [0.4, 0.5) is 17.2 Å². The number of para-hydroxylation sites is 4. The molecule has 0 radical (unpaired) electrons. The molecule has 11 heterocycles. The second-order valence-electron chi connectivity index (χ2n) is 24.0. The average molecular weight is 1300 g/mol. The molecule has 4 amide bonds. The second kappa shape index (κ2) is 29.7. The number of ether oxygens (including phenoxy) is 4. The summed E-state index contributed by atoms with van der Waals surface area (Å²) in [6, 6.07) is 55.3. The van der Waals surface area contributed by atoms with Crippen molar-refractivity contribution in [2.24, 2.45) is 5.92 Å². The van der Waals surface area contributed by atoms with Crippen LogP contribution in [0.5, 0.6) is 23.0 Å². The number of fused-ring (bicyclic) bond motifs is 4. The summed E-state index contributed by atoms with van der Waals surface area (Å²) < 4.78 is 29.9. The van der Waals surface area contributed by atoms with Gasteiger partial charge in [-0.3, -0.25) is 52.8 Å². The minimum Gasteiger partial charge on any atom is -0.487 e. The van der Waals surface area contributed by atoms with E-state index in [1.54, 1.807) is 71.7 Å². The molecule has 4 aromatic carbocycles. The Morgan fingerprint density at radius 1 is 0.381 bits per heavy atom. The number of carbonyl (C=O) groups is 4. The Hall–Kier alpha value is -11.8. The summed E-state index contributed by atoms with van der Waals surface area (Å²) in [5.74, 6) is 4.48. The van der Waals surface area contributed by atoms with E-state index in [0.29, 0.717) is 94.3 Å². The van der Waals surface area contributed by atoms with Crippen LogP contribution >= 0.6 is 0 Å². The number of pyridine rings is 3. The summed E-state index contributed by atoms with van der Waals surface area (Å²) in [6.07, 6.45) is 9.48. The Balaban J connectivity index is 0.000000117. The van der Waals surface area contributed by atoms with Gasteiger partial charge >= 0.3 is 0 Å². The van der Waals surface area contributed by atoms with Crippen LogP contribution in [0, 0.1) is 26.7 Å². The smallest absolute Gasteiger partial charge is 0.277 e. The van der Waals surface area contributed by atoms with Gasteiger partial charge in [-0.25, -0.2) is 4.98 Å². The maximum Gasteiger partial charge on any atom is 0.277 e. The van der Waals surface area contributed by atoms with Gasteiger partial charge in [-0.15, -0.1) is 0 Å². The summed E-state index contributed by atoms with van der Waals surface area (Å²) in [6.45, 7) is 13.4. The van der Waals surface area contributed by atoms with Crippen LogP contribution in [0.15, 0.2) is 201 Å². The molecule has 4 aliphatic heterocycles. The van der Waals surface area contributed by atoms with Gasteiger partial charge in [0.25, 0.3) is 23.6 Å². The van der Waals surface area contributed by atoms with Crippen molar-refractivity contribution in [1.82, 2.24) is 59.0 Å². The van der Waals surface area contributed by atoms with E-state index in [-0.39, 0.29) is 23.6 Å². The zero-order valence-electron chi connectivity index (χ0n) is 54.2. The maximum absolute atomic E-state index is 12.8. The monoisotopic (exact) mass is 1300 g/mol. The first-order valence-corrected chi connectivity index (χ1v) is 32.4. The fraction of sp³-hybridized carbons (Fsp3) is 0.257. The third-order valence-electron chi connectivity index (χ3n) is 16.7. The molecule has 1 saturated carbocycles. The number of benzene rings is 4. The topological polar surface area (TPSA) is 228 Å². The van der Waals surface area contributed by atoms with Crippen molar-refractivity contribution in [2.75, 3.05) is 47.4 Å². The highest BCUT2D eigenvalue weighted by atomic mass is 16.5. The lowest BCUT2D eigenvalue weighted by molar-refractivity contribution is 0.0688. The number of aromatic nitrogens is 11. The Labute approximate surface area is 561 Å². The number of amides is 4. The zero-order valence-corrected chi connectivity index (χ0v) is 54.2. The van der Waals surface area contributed by atoms with Crippen LogP contribution in [0.2, 0.25) is 0 Å². The van der Waals surface area contributed by atoms with Crippen LogP contribution < -0.4 is 33.6 Å². The third-order valence-corrected chi connectivity index (χ3v) is 16.7. The molecule has 16 rings (SSSR count). The SMILES string of the molecule is Cc1ccc(N2CCn3nc(COc4ccccc4)cc3C2=O)cn1.Cc1ccnc(N2CCn3nc(COc4ccccc4)cc3C2=O)c1.Cc1cncc(N2CCn3nc(COc4ccccc4)cc3C2=O)c1.O=C1c2cc(COc3ccccc3)nn2CCN1CC1CC1. The summed E-state index contributed by atoms with van der Waals surface area (Å²) >= 11 is 0. The molecule has 1 aliphatic carbocycles. The number of nitrogens with zero attached hydrogens (tertiary/aromatic N) is 15. The second-order valence-corrected chi connectivity index (χ2v) is 24.0. The van der Waals surface area contributed by atoms with Gasteiger partial charge < -0.3 is 33.6 Å². The quantitative estimate of drug-likeness (QED) is 0.0826. The molecular formula is C74H73N15O8. The van der Waals surface area contributed by atoms with Gasteiger partial charge in [0.2, 0.25) is 0 Å². The molecule has 0 atom stereocenters. The third kappa shape index (κ3) is 15.9. The molecule has 0 unspecified atom stereocenters. The van der Waals surface area contributed by atoms with Gasteiger partial charge in [-0.05, 0) is 154 Å². The average Bonchev–Trinajstić information content (AvgIpc) is 1.59. The Morgan fingerprint density at radius 2 is 0.794 bits per heavy atom. The van der Waals surface area contributed by atoms with Crippen LogP contribution in [0.25, 0.3) is 0 Å². The summed E-state index contributed by atoms with van der Waals surface area (Å²) in [4.78, 5) is 70.8. The first-order chi connectivity index (χ1) is 47.4.